The van der Waals surface area contributed by atoms with Gasteiger partial charge in [0.2, 0.25) is 0 Å². The molecule has 2 aliphatic heterocycles. The van der Waals surface area contributed by atoms with Crippen molar-refractivity contribution < 1.29 is 19.4 Å². The van der Waals surface area contributed by atoms with E-state index in [2.05, 4.69) is 0 Å². The van der Waals surface area contributed by atoms with Crippen molar-refractivity contribution in [2.75, 3.05) is 13.2 Å². The van der Waals surface area contributed by atoms with Crippen LogP contribution in [0.4, 0.5) is 4.79 Å². The average molecular weight is 249 g/mol. The second kappa shape index (κ2) is 4.59. The molecule has 5 nitrogen and oxygen atoms in total. The van der Waals surface area contributed by atoms with Crippen molar-refractivity contribution in [1.29, 1.82) is 0 Å². The molecule has 1 N–H and O–H groups in total. The van der Waals surface area contributed by atoms with Crippen LogP contribution in [0.1, 0.15) is 5.56 Å². The molecule has 2 heterocycles. The van der Waals surface area contributed by atoms with Gasteiger partial charge >= 0.3 is 6.09 Å². The first-order valence-electron chi connectivity index (χ1n) is 6.02. The Hall–Kier alpha value is -1.59. The lowest BCUT2D eigenvalue weighted by atomic mass is 10.2. The molecule has 0 aromatic heterocycles. The quantitative estimate of drug-likeness (QED) is 0.878. The Balaban J connectivity index is 1.63. The van der Waals surface area contributed by atoms with Gasteiger partial charge < -0.3 is 14.6 Å². The molecule has 1 aromatic rings. The Morgan fingerprint density at radius 1 is 1.44 bits per heavy atom. The molecule has 3 atom stereocenters. The van der Waals surface area contributed by atoms with Crippen molar-refractivity contribution >= 4 is 6.09 Å². The maximum atomic E-state index is 11.0. The van der Waals surface area contributed by atoms with Gasteiger partial charge in [-0.2, -0.15) is 0 Å². The SMILES string of the molecule is O=C(O)N1CC2OCC1C2OCc1ccccc1. The number of fused-ring (bicyclic) bond motifs is 2. The highest BCUT2D eigenvalue weighted by molar-refractivity contribution is 5.66. The van der Waals surface area contributed by atoms with Crippen LogP contribution in [0.3, 0.4) is 0 Å². The van der Waals surface area contributed by atoms with E-state index in [1.807, 2.05) is 30.3 Å². The fourth-order valence-electron chi connectivity index (χ4n) is 2.62. The molecule has 1 amide bonds. The largest absolute Gasteiger partial charge is 0.465 e. The van der Waals surface area contributed by atoms with Gasteiger partial charge in [-0.25, -0.2) is 4.79 Å². The van der Waals surface area contributed by atoms with Gasteiger partial charge in [0.05, 0.1) is 25.8 Å². The summed E-state index contributed by atoms with van der Waals surface area (Å²) in [4.78, 5) is 12.4. The zero-order valence-corrected chi connectivity index (χ0v) is 9.86. The fraction of sp³-hybridized carbons (Fsp3) is 0.462. The molecule has 2 saturated heterocycles. The third kappa shape index (κ3) is 1.95. The summed E-state index contributed by atoms with van der Waals surface area (Å²) in [5, 5.41) is 9.05. The molecule has 18 heavy (non-hydrogen) atoms. The Labute approximate surface area is 105 Å². The summed E-state index contributed by atoms with van der Waals surface area (Å²) in [6, 6.07) is 9.71. The number of carboxylic acid groups (broad SMARTS) is 1. The van der Waals surface area contributed by atoms with E-state index in [4.69, 9.17) is 14.6 Å². The van der Waals surface area contributed by atoms with E-state index in [1.165, 1.54) is 4.90 Å². The minimum Gasteiger partial charge on any atom is -0.465 e. The molecular weight excluding hydrogens is 234 g/mol. The number of hydrogen-bond donors (Lipinski definition) is 1. The van der Waals surface area contributed by atoms with Crippen LogP contribution in [-0.4, -0.2) is 47.5 Å². The van der Waals surface area contributed by atoms with Crippen molar-refractivity contribution in [3.63, 3.8) is 0 Å². The summed E-state index contributed by atoms with van der Waals surface area (Å²) in [6.07, 6.45) is -1.14. The molecule has 0 spiro atoms. The lowest BCUT2D eigenvalue weighted by molar-refractivity contribution is -0.00407. The number of nitrogens with zero attached hydrogens (tertiary/aromatic N) is 1. The molecule has 3 rings (SSSR count). The van der Waals surface area contributed by atoms with Crippen LogP contribution >= 0.6 is 0 Å². The van der Waals surface area contributed by atoms with E-state index in [0.717, 1.165) is 5.56 Å². The van der Waals surface area contributed by atoms with Crippen LogP contribution in [0.25, 0.3) is 0 Å². The standard InChI is InChI=1S/C13H15NO4/c15-13(16)14-6-11-12(10(14)8-17-11)18-7-9-4-2-1-3-5-9/h1-5,10-12H,6-8H2,(H,15,16). The van der Waals surface area contributed by atoms with Crippen molar-refractivity contribution in [3.05, 3.63) is 35.9 Å². The van der Waals surface area contributed by atoms with Crippen LogP contribution < -0.4 is 0 Å². The summed E-state index contributed by atoms with van der Waals surface area (Å²) >= 11 is 0. The Kier molecular flexibility index (Phi) is 2.93. The number of hydrogen-bond acceptors (Lipinski definition) is 3. The summed E-state index contributed by atoms with van der Waals surface area (Å²) in [5.74, 6) is 0. The van der Waals surface area contributed by atoms with Crippen LogP contribution in [-0.2, 0) is 16.1 Å². The molecule has 3 unspecified atom stereocenters. The summed E-state index contributed by atoms with van der Waals surface area (Å²) in [5.41, 5.74) is 1.09. The van der Waals surface area contributed by atoms with E-state index in [9.17, 15) is 4.79 Å². The number of morpholine rings is 1. The minimum absolute atomic E-state index is 0.116. The van der Waals surface area contributed by atoms with Gasteiger partial charge in [0.25, 0.3) is 0 Å². The van der Waals surface area contributed by atoms with E-state index in [-0.39, 0.29) is 18.2 Å². The normalized spacial score (nSPS) is 29.8. The number of likely N-dealkylation sites (tertiary alicyclic amines) is 1. The maximum Gasteiger partial charge on any atom is 0.407 e. The van der Waals surface area contributed by atoms with Crippen LogP contribution in [0, 0.1) is 0 Å². The summed E-state index contributed by atoms with van der Waals surface area (Å²) < 4.78 is 11.3. The Morgan fingerprint density at radius 2 is 2.22 bits per heavy atom. The predicted molar refractivity (Wildman–Crippen MR) is 63.3 cm³/mol. The molecule has 2 bridgehead atoms. The lowest BCUT2D eigenvalue weighted by Gasteiger charge is -2.23. The molecule has 0 saturated carbocycles. The zero-order chi connectivity index (χ0) is 12.5. The number of carbonyl (C=O) groups is 1. The maximum absolute atomic E-state index is 11.0. The molecule has 0 aliphatic carbocycles. The lowest BCUT2D eigenvalue weighted by Crippen LogP contribution is -2.41. The van der Waals surface area contributed by atoms with Gasteiger partial charge in [-0.3, -0.25) is 4.90 Å². The Bertz CT molecular complexity index is 436. The average Bonchev–Trinajstić information content (AvgIpc) is 2.94. The monoisotopic (exact) mass is 249 g/mol. The van der Waals surface area contributed by atoms with Crippen molar-refractivity contribution in [2.45, 2.75) is 24.9 Å². The first-order chi connectivity index (χ1) is 8.75. The van der Waals surface area contributed by atoms with Gasteiger partial charge in [0, 0.05) is 0 Å². The van der Waals surface area contributed by atoms with Crippen molar-refractivity contribution in [2.24, 2.45) is 0 Å². The topological polar surface area (TPSA) is 59.0 Å². The Morgan fingerprint density at radius 3 is 2.89 bits per heavy atom. The van der Waals surface area contributed by atoms with E-state index in [0.29, 0.717) is 19.8 Å². The van der Waals surface area contributed by atoms with Gasteiger partial charge in [-0.15, -0.1) is 0 Å². The number of rotatable bonds is 3. The summed E-state index contributed by atoms with van der Waals surface area (Å²) in [7, 11) is 0. The number of benzene rings is 1. The minimum atomic E-state index is -0.890. The molecule has 1 aromatic carbocycles. The van der Waals surface area contributed by atoms with Crippen molar-refractivity contribution in [1.82, 2.24) is 4.90 Å². The van der Waals surface area contributed by atoms with Crippen LogP contribution in [0.15, 0.2) is 30.3 Å². The van der Waals surface area contributed by atoms with E-state index >= 15 is 0 Å². The van der Waals surface area contributed by atoms with Crippen molar-refractivity contribution in [3.8, 4) is 0 Å². The second-order valence-corrected chi connectivity index (χ2v) is 4.64. The van der Waals surface area contributed by atoms with Crippen LogP contribution in [0.2, 0.25) is 0 Å². The van der Waals surface area contributed by atoms with Gasteiger partial charge in [0.15, 0.2) is 0 Å². The third-order valence-electron chi connectivity index (χ3n) is 3.53. The van der Waals surface area contributed by atoms with E-state index < -0.39 is 6.09 Å². The zero-order valence-electron chi connectivity index (χ0n) is 9.86. The van der Waals surface area contributed by atoms with Gasteiger partial charge in [-0.05, 0) is 5.56 Å². The molecular formula is C13H15NO4. The molecule has 2 aliphatic rings. The van der Waals surface area contributed by atoms with Crippen LogP contribution in [0.5, 0.6) is 0 Å². The summed E-state index contributed by atoms with van der Waals surface area (Å²) in [6.45, 7) is 1.35. The molecule has 0 radical (unpaired) electrons. The molecule has 96 valence electrons. The highest BCUT2D eigenvalue weighted by Gasteiger charge is 2.51. The molecule has 5 heteroatoms. The first kappa shape index (κ1) is 11.5. The number of ether oxygens (including phenoxy) is 2. The number of amides is 1. The molecule has 2 fully saturated rings. The van der Waals surface area contributed by atoms with E-state index in [1.54, 1.807) is 0 Å². The fourth-order valence-corrected chi connectivity index (χ4v) is 2.62. The van der Waals surface area contributed by atoms with Gasteiger partial charge in [-0.1, -0.05) is 30.3 Å². The first-order valence-corrected chi connectivity index (χ1v) is 6.02. The third-order valence-corrected chi connectivity index (χ3v) is 3.53. The smallest absolute Gasteiger partial charge is 0.407 e. The predicted octanol–water partition coefficient (Wildman–Crippen LogP) is 1.33. The highest BCUT2D eigenvalue weighted by Crippen LogP contribution is 2.31. The highest BCUT2D eigenvalue weighted by atomic mass is 16.6. The van der Waals surface area contributed by atoms with Gasteiger partial charge in [0.1, 0.15) is 12.2 Å². The second-order valence-electron chi connectivity index (χ2n) is 4.64.